The largest absolute Gasteiger partial charge is 0.354 e. The molecule has 0 spiro atoms. The minimum Gasteiger partial charge on any atom is -0.354 e. The maximum atomic E-state index is 4.58. The van der Waals surface area contributed by atoms with Crippen LogP contribution in [0, 0.1) is 19.8 Å². The number of likely N-dealkylation sites (tertiary alicyclic amines) is 1. The summed E-state index contributed by atoms with van der Waals surface area (Å²) >= 11 is 0. The first kappa shape index (κ1) is 21.7. The molecule has 3 aromatic rings. The molecule has 32 heavy (non-hydrogen) atoms. The Kier molecular flexibility index (Phi) is 6.11. The molecule has 3 heteroatoms. The minimum absolute atomic E-state index is 0.469. The fraction of sp³-hybridized carbons (Fsp3) is 0.552. The van der Waals surface area contributed by atoms with Gasteiger partial charge in [0, 0.05) is 34.4 Å². The highest BCUT2D eigenvalue weighted by Crippen LogP contribution is 2.39. The van der Waals surface area contributed by atoms with Crippen LogP contribution in [-0.4, -0.2) is 34.5 Å². The molecule has 3 nitrogen and oxygen atoms in total. The summed E-state index contributed by atoms with van der Waals surface area (Å²) in [5.74, 6) is 2.13. The second-order valence-corrected chi connectivity index (χ2v) is 10.7. The summed E-state index contributed by atoms with van der Waals surface area (Å²) in [4.78, 5) is 11.1. The number of aryl methyl sites for hydroxylation is 2. The van der Waals surface area contributed by atoms with E-state index in [0.29, 0.717) is 11.8 Å². The molecule has 0 unspecified atom stereocenters. The number of pyridine rings is 1. The van der Waals surface area contributed by atoms with Crippen LogP contribution >= 0.6 is 0 Å². The van der Waals surface area contributed by atoms with E-state index in [1.165, 1.54) is 91.4 Å². The van der Waals surface area contributed by atoms with Gasteiger partial charge in [0.2, 0.25) is 0 Å². The topological polar surface area (TPSA) is 31.9 Å². The van der Waals surface area contributed by atoms with Crippen LogP contribution in [0.1, 0.15) is 86.7 Å². The normalized spacial score (nSPS) is 18.9. The summed E-state index contributed by atoms with van der Waals surface area (Å²) in [6, 6.07) is 11.6. The van der Waals surface area contributed by atoms with Crippen molar-refractivity contribution in [2.24, 2.45) is 5.92 Å². The quantitative estimate of drug-likeness (QED) is 0.460. The highest BCUT2D eigenvalue weighted by Gasteiger charge is 2.25. The van der Waals surface area contributed by atoms with Crippen LogP contribution in [-0.2, 0) is 0 Å². The maximum absolute atomic E-state index is 4.58. The van der Waals surface area contributed by atoms with E-state index in [9.17, 15) is 0 Å². The number of aromatic amines is 1. The van der Waals surface area contributed by atoms with E-state index < -0.39 is 0 Å². The Morgan fingerprint density at radius 3 is 2.31 bits per heavy atom. The average Bonchev–Trinajstić information content (AvgIpc) is 3.40. The molecule has 2 aliphatic rings. The molecule has 1 saturated heterocycles. The average molecular weight is 430 g/mol. The number of nitrogens with one attached hydrogen (secondary N) is 1. The van der Waals surface area contributed by atoms with Crippen molar-refractivity contribution in [3.8, 4) is 11.3 Å². The van der Waals surface area contributed by atoms with Crippen molar-refractivity contribution in [2.45, 2.75) is 78.1 Å². The van der Waals surface area contributed by atoms with Gasteiger partial charge in [-0.15, -0.1) is 0 Å². The van der Waals surface area contributed by atoms with Crippen LogP contribution in [0.25, 0.3) is 22.2 Å². The fourth-order valence-corrected chi connectivity index (χ4v) is 6.30. The van der Waals surface area contributed by atoms with Crippen LogP contribution in [0.4, 0.5) is 0 Å². The van der Waals surface area contributed by atoms with E-state index >= 15 is 0 Å². The van der Waals surface area contributed by atoms with Crippen molar-refractivity contribution in [3.63, 3.8) is 0 Å². The molecule has 0 radical (unpaired) electrons. The first-order valence-electron chi connectivity index (χ1n) is 12.8. The SMILES string of the molecule is Cc1cc(-c2[nH]c3ccc(C4CCN(CC5CCCC5)CC4)cc3c2C(C)C)cc(C)n1. The van der Waals surface area contributed by atoms with E-state index in [2.05, 4.69) is 72.9 Å². The summed E-state index contributed by atoms with van der Waals surface area (Å²) in [7, 11) is 0. The Bertz CT molecular complexity index is 1060. The summed E-state index contributed by atoms with van der Waals surface area (Å²) in [6.07, 6.45) is 8.43. The third-order valence-electron chi connectivity index (χ3n) is 7.86. The Labute approximate surface area is 193 Å². The molecule has 5 rings (SSSR count). The molecular formula is C29H39N3. The molecular weight excluding hydrogens is 390 g/mol. The second kappa shape index (κ2) is 9.02. The number of nitrogens with zero attached hydrogens (tertiary/aromatic N) is 2. The molecule has 0 amide bonds. The molecule has 1 aliphatic heterocycles. The van der Waals surface area contributed by atoms with Gasteiger partial charge in [-0.3, -0.25) is 4.98 Å². The van der Waals surface area contributed by atoms with Crippen molar-refractivity contribution in [1.29, 1.82) is 0 Å². The molecule has 1 saturated carbocycles. The summed E-state index contributed by atoms with van der Waals surface area (Å²) in [6.45, 7) is 12.7. The molecule has 1 N–H and O–H groups in total. The number of aromatic nitrogens is 2. The Hall–Kier alpha value is -2.13. The van der Waals surface area contributed by atoms with Gasteiger partial charge in [-0.1, -0.05) is 32.8 Å². The van der Waals surface area contributed by atoms with Crippen molar-refractivity contribution in [1.82, 2.24) is 14.9 Å². The number of hydrogen-bond acceptors (Lipinski definition) is 2. The smallest absolute Gasteiger partial charge is 0.0501 e. The van der Waals surface area contributed by atoms with Crippen molar-refractivity contribution in [3.05, 3.63) is 52.8 Å². The first-order valence-corrected chi connectivity index (χ1v) is 12.8. The van der Waals surface area contributed by atoms with Gasteiger partial charge in [0.25, 0.3) is 0 Å². The van der Waals surface area contributed by atoms with Crippen molar-refractivity contribution >= 4 is 10.9 Å². The number of hydrogen-bond donors (Lipinski definition) is 1. The van der Waals surface area contributed by atoms with Gasteiger partial charge in [-0.25, -0.2) is 0 Å². The maximum Gasteiger partial charge on any atom is 0.0501 e. The lowest BCUT2D eigenvalue weighted by Crippen LogP contribution is -2.36. The molecule has 170 valence electrons. The molecule has 2 fully saturated rings. The molecule has 2 aromatic heterocycles. The van der Waals surface area contributed by atoms with Crippen molar-refractivity contribution < 1.29 is 0 Å². The number of H-pyrrole nitrogens is 1. The lowest BCUT2D eigenvalue weighted by atomic mass is 9.87. The zero-order chi connectivity index (χ0) is 22.2. The van der Waals surface area contributed by atoms with Gasteiger partial charge in [0.1, 0.15) is 0 Å². The highest BCUT2D eigenvalue weighted by atomic mass is 15.1. The number of fused-ring (bicyclic) bond motifs is 1. The van der Waals surface area contributed by atoms with Gasteiger partial charge in [-0.2, -0.15) is 0 Å². The van der Waals surface area contributed by atoms with Gasteiger partial charge in [0.15, 0.2) is 0 Å². The lowest BCUT2D eigenvalue weighted by Gasteiger charge is -2.33. The Morgan fingerprint density at radius 2 is 1.66 bits per heavy atom. The third-order valence-corrected chi connectivity index (χ3v) is 7.86. The first-order chi connectivity index (χ1) is 15.5. The minimum atomic E-state index is 0.469. The van der Waals surface area contributed by atoms with E-state index in [-0.39, 0.29) is 0 Å². The fourth-order valence-electron chi connectivity index (χ4n) is 6.30. The van der Waals surface area contributed by atoms with E-state index in [1.54, 1.807) is 0 Å². The lowest BCUT2D eigenvalue weighted by molar-refractivity contribution is 0.183. The van der Waals surface area contributed by atoms with Gasteiger partial charge in [-0.05, 0) is 106 Å². The molecule has 3 heterocycles. The standard InChI is InChI=1S/C29H39N3/c1-19(2)28-26-17-24(23-11-13-32(14-12-23)18-22-7-5-6-8-22)9-10-27(26)31-29(28)25-15-20(3)30-21(4)16-25/h9-10,15-17,19,22-23,31H,5-8,11-14,18H2,1-4H3. The number of piperidine rings is 1. The predicted molar refractivity (Wildman–Crippen MR) is 135 cm³/mol. The van der Waals surface area contributed by atoms with Crippen molar-refractivity contribution in [2.75, 3.05) is 19.6 Å². The van der Waals surface area contributed by atoms with Crippen LogP contribution in [0.15, 0.2) is 30.3 Å². The summed E-state index contributed by atoms with van der Waals surface area (Å²) in [5.41, 5.74) is 8.94. The predicted octanol–water partition coefficient (Wildman–Crippen LogP) is 7.34. The number of benzene rings is 1. The van der Waals surface area contributed by atoms with Gasteiger partial charge in [0.05, 0.1) is 5.69 Å². The van der Waals surface area contributed by atoms with E-state index in [0.717, 1.165) is 17.3 Å². The highest BCUT2D eigenvalue weighted by molar-refractivity contribution is 5.92. The summed E-state index contributed by atoms with van der Waals surface area (Å²) < 4.78 is 0. The van der Waals surface area contributed by atoms with E-state index in [1.807, 2.05) is 0 Å². The monoisotopic (exact) mass is 429 g/mol. The molecule has 1 aromatic carbocycles. The van der Waals surface area contributed by atoms with Gasteiger partial charge >= 0.3 is 0 Å². The van der Waals surface area contributed by atoms with Gasteiger partial charge < -0.3 is 9.88 Å². The van der Waals surface area contributed by atoms with Crippen LogP contribution in [0.2, 0.25) is 0 Å². The third kappa shape index (κ3) is 4.37. The van der Waals surface area contributed by atoms with Crippen LogP contribution in [0.5, 0.6) is 0 Å². The Balaban J connectivity index is 1.40. The van der Waals surface area contributed by atoms with Crippen LogP contribution < -0.4 is 0 Å². The number of rotatable bonds is 5. The van der Waals surface area contributed by atoms with Crippen LogP contribution in [0.3, 0.4) is 0 Å². The molecule has 0 atom stereocenters. The summed E-state index contributed by atoms with van der Waals surface area (Å²) in [5, 5.41) is 1.41. The second-order valence-electron chi connectivity index (χ2n) is 10.7. The zero-order valence-corrected chi connectivity index (χ0v) is 20.4. The van der Waals surface area contributed by atoms with E-state index in [4.69, 9.17) is 0 Å². The molecule has 1 aliphatic carbocycles. The Morgan fingerprint density at radius 1 is 0.969 bits per heavy atom. The zero-order valence-electron chi connectivity index (χ0n) is 20.4. The molecule has 0 bridgehead atoms.